The van der Waals surface area contributed by atoms with E-state index in [2.05, 4.69) is 0 Å². The van der Waals surface area contributed by atoms with E-state index in [4.69, 9.17) is 0 Å². The molecule has 0 atom stereocenters. The van der Waals surface area contributed by atoms with Gasteiger partial charge in [-0.25, -0.2) is 8.42 Å². The summed E-state index contributed by atoms with van der Waals surface area (Å²) in [6, 6.07) is 7.81. The summed E-state index contributed by atoms with van der Waals surface area (Å²) in [4.78, 5) is 11.5. The van der Waals surface area contributed by atoms with Crippen LogP contribution in [0.15, 0.2) is 35.2 Å². The van der Waals surface area contributed by atoms with Crippen LogP contribution < -0.4 is 0 Å². The molecule has 1 saturated carbocycles. The minimum Gasteiger partial charge on any atom is -0.480 e. The van der Waals surface area contributed by atoms with E-state index in [-0.39, 0.29) is 23.2 Å². The number of rotatable bonds is 3. The van der Waals surface area contributed by atoms with Crippen molar-refractivity contribution in [2.75, 3.05) is 0 Å². The minimum atomic E-state index is -3.83. The quantitative estimate of drug-likeness (QED) is 0.911. The molecule has 98 valence electrons. The van der Waals surface area contributed by atoms with Gasteiger partial charge in [-0.2, -0.15) is 0 Å². The molecule has 0 amide bonds. The van der Waals surface area contributed by atoms with Crippen LogP contribution in [0.25, 0.3) is 0 Å². The highest BCUT2D eigenvalue weighted by atomic mass is 32.2. The van der Waals surface area contributed by atoms with E-state index in [1.807, 2.05) is 13.8 Å². The van der Waals surface area contributed by atoms with Gasteiger partial charge in [-0.15, -0.1) is 0 Å². The molecular formula is C13H16O4S. The first kappa shape index (κ1) is 13.1. The summed E-state index contributed by atoms with van der Waals surface area (Å²) in [7, 11) is -3.83. The fourth-order valence-corrected chi connectivity index (χ4v) is 5.13. The van der Waals surface area contributed by atoms with E-state index in [9.17, 15) is 18.3 Å². The predicted molar refractivity (Wildman–Crippen MR) is 67.0 cm³/mol. The van der Waals surface area contributed by atoms with Gasteiger partial charge in [0.05, 0.1) is 4.90 Å². The number of aliphatic carboxylic acids is 1. The molecule has 1 aromatic carbocycles. The number of carbonyl (C=O) groups is 1. The lowest BCUT2D eigenvalue weighted by molar-refractivity contribution is -0.146. The Bertz CT molecular complexity index is 564. The van der Waals surface area contributed by atoms with Crippen molar-refractivity contribution in [3.05, 3.63) is 30.3 Å². The van der Waals surface area contributed by atoms with Gasteiger partial charge in [0.25, 0.3) is 0 Å². The second-order valence-electron chi connectivity index (χ2n) is 5.63. The Hall–Kier alpha value is -1.36. The molecule has 1 aromatic rings. The van der Waals surface area contributed by atoms with Gasteiger partial charge < -0.3 is 5.11 Å². The first-order chi connectivity index (χ1) is 8.21. The average Bonchev–Trinajstić information content (AvgIpc) is 2.26. The Morgan fingerprint density at radius 2 is 1.67 bits per heavy atom. The Balaban J connectivity index is 2.50. The van der Waals surface area contributed by atoms with Gasteiger partial charge in [0, 0.05) is 0 Å². The largest absolute Gasteiger partial charge is 0.480 e. The number of sulfone groups is 1. The highest BCUT2D eigenvalue weighted by molar-refractivity contribution is 7.93. The summed E-state index contributed by atoms with van der Waals surface area (Å²) in [5.41, 5.74) is -0.236. The molecule has 0 aliphatic heterocycles. The van der Waals surface area contributed by atoms with E-state index in [1.165, 1.54) is 12.1 Å². The predicted octanol–water partition coefficient (Wildman–Crippen LogP) is 2.10. The van der Waals surface area contributed by atoms with Crippen molar-refractivity contribution in [2.45, 2.75) is 36.3 Å². The molecule has 1 aliphatic carbocycles. The van der Waals surface area contributed by atoms with Crippen molar-refractivity contribution in [1.29, 1.82) is 0 Å². The molecule has 5 heteroatoms. The maximum Gasteiger partial charge on any atom is 0.325 e. The molecule has 4 nitrogen and oxygen atoms in total. The van der Waals surface area contributed by atoms with Crippen LogP contribution >= 0.6 is 0 Å². The SMILES string of the molecule is CC1(C)CC(C(=O)O)(S(=O)(=O)c2ccccc2)C1. The number of hydrogen-bond acceptors (Lipinski definition) is 3. The molecule has 1 fully saturated rings. The van der Waals surface area contributed by atoms with Crippen LogP contribution in [0, 0.1) is 5.41 Å². The molecule has 0 saturated heterocycles. The van der Waals surface area contributed by atoms with Crippen LogP contribution in [0.4, 0.5) is 0 Å². The average molecular weight is 268 g/mol. The Labute approximate surface area is 107 Å². The third kappa shape index (κ3) is 1.73. The summed E-state index contributed by atoms with van der Waals surface area (Å²) >= 11 is 0. The van der Waals surface area contributed by atoms with Crippen LogP contribution in [0.5, 0.6) is 0 Å². The molecule has 1 N–H and O–H groups in total. The lowest BCUT2D eigenvalue weighted by Crippen LogP contribution is -2.59. The van der Waals surface area contributed by atoms with Crippen molar-refractivity contribution >= 4 is 15.8 Å². The fraction of sp³-hybridized carbons (Fsp3) is 0.462. The zero-order valence-electron chi connectivity index (χ0n) is 10.4. The van der Waals surface area contributed by atoms with Gasteiger partial charge in [-0.05, 0) is 30.4 Å². The summed E-state index contributed by atoms with van der Waals surface area (Å²) in [5, 5.41) is 9.33. The third-order valence-electron chi connectivity index (χ3n) is 3.49. The van der Waals surface area contributed by atoms with E-state index in [1.54, 1.807) is 18.2 Å². The lowest BCUT2D eigenvalue weighted by Gasteiger charge is -2.49. The van der Waals surface area contributed by atoms with E-state index in [0.29, 0.717) is 0 Å². The molecule has 0 unspecified atom stereocenters. The summed E-state index contributed by atoms with van der Waals surface area (Å²) in [6.45, 7) is 3.77. The van der Waals surface area contributed by atoms with Crippen molar-refractivity contribution in [3.8, 4) is 0 Å². The monoisotopic (exact) mass is 268 g/mol. The van der Waals surface area contributed by atoms with E-state index >= 15 is 0 Å². The first-order valence-corrected chi connectivity index (χ1v) is 7.23. The van der Waals surface area contributed by atoms with Crippen molar-refractivity contribution in [2.24, 2.45) is 5.41 Å². The minimum absolute atomic E-state index is 0.0860. The summed E-state index contributed by atoms with van der Waals surface area (Å²) < 4.78 is 23.3. The number of carboxylic acids is 1. The van der Waals surface area contributed by atoms with Crippen molar-refractivity contribution in [1.82, 2.24) is 0 Å². The van der Waals surface area contributed by atoms with Crippen LogP contribution in [-0.4, -0.2) is 24.2 Å². The summed E-state index contributed by atoms with van der Waals surface area (Å²) in [5.74, 6) is -1.24. The molecule has 1 aliphatic rings. The Morgan fingerprint density at radius 1 is 1.17 bits per heavy atom. The second kappa shape index (κ2) is 3.82. The molecular weight excluding hydrogens is 252 g/mol. The molecule has 0 radical (unpaired) electrons. The van der Waals surface area contributed by atoms with Gasteiger partial charge >= 0.3 is 5.97 Å². The molecule has 0 spiro atoms. The lowest BCUT2D eigenvalue weighted by atomic mass is 9.64. The van der Waals surface area contributed by atoms with Crippen LogP contribution in [0.3, 0.4) is 0 Å². The van der Waals surface area contributed by atoms with Gasteiger partial charge in [0.2, 0.25) is 0 Å². The molecule has 0 heterocycles. The van der Waals surface area contributed by atoms with Gasteiger partial charge in [0.1, 0.15) is 0 Å². The fourth-order valence-electron chi connectivity index (χ4n) is 2.78. The molecule has 0 aromatic heterocycles. The molecule has 18 heavy (non-hydrogen) atoms. The molecule has 0 bridgehead atoms. The van der Waals surface area contributed by atoms with Crippen molar-refractivity contribution in [3.63, 3.8) is 0 Å². The highest BCUT2D eigenvalue weighted by Gasteiger charge is 2.63. The maximum atomic E-state index is 12.5. The first-order valence-electron chi connectivity index (χ1n) is 5.74. The number of hydrogen-bond donors (Lipinski definition) is 1. The van der Waals surface area contributed by atoms with Gasteiger partial charge in [0.15, 0.2) is 14.6 Å². The topological polar surface area (TPSA) is 71.4 Å². The normalized spacial score (nSPS) is 21.0. The van der Waals surface area contributed by atoms with E-state index in [0.717, 1.165) is 0 Å². The van der Waals surface area contributed by atoms with Crippen LogP contribution in [-0.2, 0) is 14.6 Å². The zero-order valence-corrected chi connectivity index (χ0v) is 11.2. The maximum absolute atomic E-state index is 12.5. The Kier molecular flexibility index (Phi) is 2.77. The number of benzene rings is 1. The number of carboxylic acid groups (broad SMARTS) is 1. The third-order valence-corrected chi connectivity index (χ3v) is 5.87. The second-order valence-corrected chi connectivity index (χ2v) is 7.89. The summed E-state index contributed by atoms with van der Waals surface area (Å²) in [6.07, 6.45) is 0.319. The zero-order chi connectivity index (χ0) is 13.6. The Morgan fingerprint density at radius 3 is 2.06 bits per heavy atom. The van der Waals surface area contributed by atoms with Gasteiger partial charge in [-0.1, -0.05) is 32.0 Å². The van der Waals surface area contributed by atoms with Crippen LogP contribution in [0.1, 0.15) is 26.7 Å². The smallest absolute Gasteiger partial charge is 0.325 e. The van der Waals surface area contributed by atoms with Gasteiger partial charge in [-0.3, -0.25) is 4.79 Å². The molecule has 2 rings (SSSR count). The highest BCUT2D eigenvalue weighted by Crippen LogP contribution is 2.54. The van der Waals surface area contributed by atoms with E-state index < -0.39 is 20.6 Å². The van der Waals surface area contributed by atoms with Crippen molar-refractivity contribution < 1.29 is 18.3 Å². The standard InChI is InChI=1S/C13H16O4S/c1-12(2)8-13(9-12,11(14)15)18(16,17)10-6-4-3-5-7-10/h3-7H,8-9H2,1-2H3,(H,14,15). The van der Waals surface area contributed by atoms with Crippen LogP contribution in [0.2, 0.25) is 0 Å².